The van der Waals surface area contributed by atoms with E-state index in [4.69, 9.17) is 4.74 Å². The van der Waals surface area contributed by atoms with Crippen molar-refractivity contribution in [3.63, 3.8) is 0 Å². The molecule has 0 saturated heterocycles. The Kier molecular flexibility index (Phi) is 3.13. The number of rotatable bonds is 2. The van der Waals surface area contributed by atoms with Crippen LogP contribution in [0.1, 0.15) is 32.6 Å². The summed E-state index contributed by atoms with van der Waals surface area (Å²) in [4.78, 5) is 0. The van der Waals surface area contributed by atoms with Gasteiger partial charge in [-0.3, -0.25) is 0 Å². The second-order valence-electron chi connectivity index (χ2n) is 3.51. The Morgan fingerprint density at radius 3 is 2.45 bits per heavy atom. The molecule has 1 aliphatic rings. The van der Waals surface area contributed by atoms with Crippen molar-refractivity contribution in [3.05, 3.63) is 12.2 Å². The Balaban J connectivity index is 2.51. The van der Waals surface area contributed by atoms with Gasteiger partial charge in [0.05, 0.1) is 6.10 Å². The highest BCUT2D eigenvalue weighted by Crippen LogP contribution is 2.30. The van der Waals surface area contributed by atoms with E-state index >= 15 is 0 Å². The minimum Gasteiger partial charge on any atom is -0.381 e. The van der Waals surface area contributed by atoms with Gasteiger partial charge < -0.3 is 4.74 Å². The minimum absolute atomic E-state index is 0.446. The van der Waals surface area contributed by atoms with E-state index in [1.165, 1.54) is 31.3 Å². The van der Waals surface area contributed by atoms with E-state index < -0.39 is 0 Å². The Labute approximate surface area is 69.4 Å². The van der Waals surface area contributed by atoms with Crippen molar-refractivity contribution in [2.75, 3.05) is 7.11 Å². The lowest BCUT2D eigenvalue weighted by Gasteiger charge is -2.30. The van der Waals surface area contributed by atoms with Crippen LogP contribution in [-0.2, 0) is 4.74 Å². The first kappa shape index (κ1) is 8.79. The SMILES string of the molecule is C=C(C)C1CCCCC1OC. The summed E-state index contributed by atoms with van der Waals surface area (Å²) in [5.41, 5.74) is 1.29. The van der Waals surface area contributed by atoms with E-state index in [9.17, 15) is 0 Å². The summed E-state index contributed by atoms with van der Waals surface area (Å²) < 4.78 is 5.40. The summed E-state index contributed by atoms with van der Waals surface area (Å²) in [6.45, 7) is 6.11. The maximum Gasteiger partial charge on any atom is 0.0636 e. The van der Waals surface area contributed by atoms with Crippen LogP contribution in [0.15, 0.2) is 12.2 Å². The van der Waals surface area contributed by atoms with E-state index in [-0.39, 0.29) is 0 Å². The Morgan fingerprint density at radius 2 is 2.00 bits per heavy atom. The van der Waals surface area contributed by atoms with Gasteiger partial charge in [-0.25, -0.2) is 0 Å². The molecular formula is C10H18O. The summed E-state index contributed by atoms with van der Waals surface area (Å²) in [5, 5.41) is 0. The first-order valence-electron chi connectivity index (χ1n) is 4.44. The molecule has 1 saturated carbocycles. The predicted octanol–water partition coefficient (Wildman–Crippen LogP) is 2.77. The number of methoxy groups -OCH3 is 1. The highest BCUT2D eigenvalue weighted by atomic mass is 16.5. The predicted molar refractivity (Wildman–Crippen MR) is 47.6 cm³/mol. The van der Waals surface area contributed by atoms with Crippen LogP contribution in [0.4, 0.5) is 0 Å². The van der Waals surface area contributed by atoms with Crippen LogP contribution < -0.4 is 0 Å². The van der Waals surface area contributed by atoms with Crippen LogP contribution in [0.25, 0.3) is 0 Å². The fourth-order valence-electron chi connectivity index (χ4n) is 1.94. The molecule has 0 aromatic rings. The van der Waals surface area contributed by atoms with E-state index in [1.807, 2.05) is 7.11 Å². The lowest BCUT2D eigenvalue weighted by molar-refractivity contribution is 0.0376. The summed E-state index contributed by atoms with van der Waals surface area (Å²) in [6.07, 6.45) is 5.60. The third kappa shape index (κ3) is 2.06. The molecule has 1 nitrogen and oxygen atoms in total. The number of hydrogen-bond acceptors (Lipinski definition) is 1. The molecule has 0 spiro atoms. The molecule has 1 aliphatic carbocycles. The fourth-order valence-corrected chi connectivity index (χ4v) is 1.94. The Hall–Kier alpha value is -0.300. The van der Waals surface area contributed by atoms with Gasteiger partial charge in [0.15, 0.2) is 0 Å². The number of ether oxygens (including phenoxy) is 1. The van der Waals surface area contributed by atoms with Crippen LogP contribution in [0.5, 0.6) is 0 Å². The largest absolute Gasteiger partial charge is 0.381 e. The first-order valence-corrected chi connectivity index (χ1v) is 4.44. The average molecular weight is 154 g/mol. The van der Waals surface area contributed by atoms with Crippen LogP contribution >= 0.6 is 0 Å². The van der Waals surface area contributed by atoms with Gasteiger partial charge in [0.25, 0.3) is 0 Å². The molecule has 0 aliphatic heterocycles. The van der Waals surface area contributed by atoms with Crippen LogP contribution in [0, 0.1) is 5.92 Å². The van der Waals surface area contributed by atoms with Gasteiger partial charge in [0.1, 0.15) is 0 Å². The van der Waals surface area contributed by atoms with Gasteiger partial charge in [-0.05, 0) is 19.8 Å². The highest BCUT2D eigenvalue weighted by Gasteiger charge is 2.24. The summed E-state index contributed by atoms with van der Waals surface area (Å²) in [5.74, 6) is 0.619. The lowest BCUT2D eigenvalue weighted by Crippen LogP contribution is -2.27. The zero-order chi connectivity index (χ0) is 8.27. The topological polar surface area (TPSA) is 9.23 Å². The van der Waals surface area contributed by atoms with Gasteiger partial charge in [-0.2, -0.15) is 0 Å². The molecule has 0 radical (unpaired) electrons. The molecule has 11 heavy (non-hydrogen) atoms. The van der Waals surface area contributed by atoms with Crippen molar-refractivity contribution >= 4 is 0 Å². The van der Waals surface area contributed by atoms with Gasteiger partial charge in [0.2, 0.25) is 0 Å². The average Bonchev–Trinajstić information content (AvgIpc) is 2.04. The standard InChI is InChI=1S/C10H18O/c1-8(2)9-6-4-5-7-10(9)11-3/h9-10H,1,4-7H2,2-3H3. The normalized spacial score (nSPS) is 31.8. The molecule has 64 valence electrons. The Morgan fingerprint density at radius 1 is 1.36 bits per heavy atom. The van der Waals surface area contributed by atoms with E-state index in [1.54, 1.807) is 0 Å². The summed E-state index contributed by atoms with van der Waals surface area (Å²) in [7, 11) is 1.81. The molecular weight excluding hydrogens is 136 g/mol. The molecule has 2 unspecified atom stereocenters. The summed E-state index contributed by atoms with van der Waals surface area (Å²) >= 11 is 0. The van der Waals surface area contributed by atoms with Crippen LogP contribution in [0.3, 0.4) is 0 Å². The molecule has 0 aromatic heterocycles. The first-order chi connectivity index (χ1) is 5.25. The fraction of sp³-hybridized carbons (Fsp3) is 0.800. The van der Waals surface area contributed by atoms with Crippen LogP contribution in [-0.4, -0.2) is 13.2 Å². The molecule has 0 heterocycles. The second kappa shape index (κ2) is 3.91. The zero-order valence-electron chi connectivity index (χ0n) is 7.60. The van der Waals surface area contributed by atoms with Crippen molar-refractivity contribution in [2.45, 2.75) is 38.7 Å². The monoisotopic (exact) mass is 154 g/mol. The molecule has 0 amide bonds. The quantitative estimate of drug-likeness (QED) is 0.556. The van der Waals surface area contributed by atoms with E-state index in [0.717, 1.165) is 0 Å². The summed E-state index contributed by atoms with van der Waals surface area (Å²) in [6, 6.07) is 0. The molecule has 1 rings (SSSR count). The lowest BCUT2D eigenvalue weighted by atomic mass is 9.82. The van der Waals surface area contributed by atoms with Crippen molar-refractivity contribution in [1.29, 1.82) is 0 Å². The third-order valence-corrected chi connectivity index (χ3v) is 2.64. The van der Waals surface area contributed by atoms with E-state index in [2.05, 4.69) is 13.5 Å². The molecule has 0 N–H and O–H groups in total. The highest BCUT2D eigenvalue weighted by molar-refractivity contribution is 5.01. The maximum absolute atomic E-state index is 5.40. The van der Waals surface area contributed by atoms with Crippen molar-refractivity contribution in [2.24, 2.45) is 5.92 Å². The third-order valence-electron chi connectivity index (χ3n) is 2.64. The van der Waals surface area contributed by atoms with Crippen molar-refractivity contribution in [1.82, 2.24) is 0 Å². The van der Waals surface area contributed by atoms with Gasteiger partial charge in [0, 0.05) is 13.0 Å². The number of hydrogen-bond donors (Lipinski definition) is 0. The molecule has 1 heteroatoms. The van der Waals surface area contributed by atoms with Gasteiger partial charge in [-0.15, -0.1) is 0 Å². The smallest absolute Gasteiger partial charge is 0.0636 e. The van der Waals surface area contributed by atoms with Gasteiger partial charge >= 0.3 is 0 Å². The van der Waals surface area contributed by atoms with Crippen molar-refractivity contribution < 1.29 is 4.74 Å². The maximum atomic E-state index is 5.40. The molecule has 0 aromatic carbocycles. The molecule has 0 bridgehead atoms. The van der Waals surface area contributed by atoms with Crippen molar-refractivity contribution in [3.8, 4) is 0 Å². The minimum atomic E-state index is 0.446. The van der Waals surface area contributed by atoms with E-state index in [0.29, 0.717) is 12.0 Å². The molecule has 1 fully saturated rings. The zero-order valence-corrected chi connectivity index (χ0v) is 7.60. The Bertz CT molecular complexity index is 140. The molecule has 2 atom stereocenters. The van der Waals surface area contributed by atoms with Crippen LogP contribution in [0.2, 0.25) is 0 Å². The van der Waals surface area contributed by atoms with Gasteiger partial charge in [-0.1, -0.05) is 25.0 Å². The second-order valence-corrected chi connectivity index (χ2v) is 3.51.